The van der Waals surface area contributed by atoms with Crippen LogP contribution in [-0.4, -0.2) is 27.8 Å². The number of nitrogens with one attached hydrogen (secondary N) is 1. The molecule has 0 saturated heterocycles. The summed E-state index contributed by atoms with van der Waals surface area (Å²) in [6.07, 6.45) is 4.14. The first-order valence-electron chi connectivity index (χ1n) is 4.60. The van der Waals surface area contributed by atoms with Crippen molar-refractivity contribution in [1.82, 2.24) is 9.97 Å². The Labute approximate surface area is 87.4 Å². The van der Waals surface area contributed by atoms with Crippen molar-refractivity contribution in [1.29, 1.82) is 0 Å². The molecule has 0 saturated carbocycles. The van der Waals surface area contributed by atoms with E-state index in [1.54, 1.807) is 12.4 Å². The van der Waals surface area contributed by atoms with Crippen LogP contribution in [0.25, 0.3) is 0 Å². The topological polar surface area (TPSA) is 55.0 Å². The Bertz CT molecular complexity index is 274. The standard InChI is InChI=1S/C9H14N2O2S/c1-3-7(8(12)13-4-2)14-9-10-5-6-11-9/h5-7H,3-4H2,1-2H3,(H,10,11). The molecule has 1 aromatic rings. The van der Waals surface area contributed by atoms with Gasteiger partial charge in [-0.15, -0.1) is 0 Å². The molecule has 0 amide bonds. The number of aromatic nitrogens is 2. The molecule has 0 bridgehead atoms. The maximum atomic E-state index is 11.4. The van der Waals surface area contributed by atoms with Crippen molar-refractivity contribution in [2.45, 2.75) is 30.7 Å². The predicted molar refractivity (Wildman–Crippen MR) is 55.2 cm³/mol. The average molecular weight is 214 g/mol. The summed E-state index contributed by atoms with van der Waals surface area (Å²) in [5, 5.41) is 0.589. The lowest BCUT2D eigenvalue weighted by atomic mass is 10.3. The minimum absolute atomic E-state index is 0.166. The third-order valence-electron chi connectivity index (χ3n) is 1.65. The predicted octanol–water partition coefficient (Wildman–Crippen LogP) is 1.84. The normalized spacial score (nSPS) is 12.4. The van der Waals surface area contributed by atoms with Crippen molar-refractivity contribution in [2.75, 3.05) is 6.61 Å². The maximum Gasteiger partial charge on any atom is 0.319 e. The van der Waals surface area contributed by atoms with E-state index in [-0.39, 0.29) is 11.2 Å². The fourth-order valence-corrected chi connectivity index (χ4v) is 1.84. The quantitative estimate of drug-likeness (QED) is 0.600. The highest BCUT2D eigenvalue weighted by Crippen LogP contribution is 2.22. The minimum atomic E-state index is -0.170. The Balaban J connectivity index is 2.50. The molecule has 0 aromatic carbocycles. The van der Waals surface area contributed by atoms with Crippen LogP contribution in [-0.2, 0) is 9.53 Å². The fourth-order valence-electron chi connectivity index (χ4n) is 0.983. The zero-order valence-electron chi connectivity index (χ0n) is 8.32. The van der Waals surface area contributed by atoms with Crippen LogP contribution in [0.4, 0.5) is 0 Å². The van der Waals surface area contributed by atoms with Crippen molar-refractivity contribution in [3.8, 4) is 0 Å². The van der Waals surface area contributed by atoms with E-state index >= 15 is 0 Å². The number of carbonyl (C=O) groups excluding carboxylic acids is 1. The first-order valence-corrected chi connectivity index (χ1v) is 5.48. The van der Waals surface area contributed by atoms with E-state index in [4.69, 9.17) is 4.74 Å². The number of nitrogens with zero attached hydrogens (tertiary/aromatic N) is 1. The van der Waals surface area contributed by atoms with Gasteiger partial charge in [0.1, 0.15) is 5.25 Å². The summed E-state index contributed by atoms with van der Waals surface area (Å²) in [5.41, 5.74) is 0. The number of H-pyrrole nitrogens is 1. The second-order valence-corrected chi connectivity index (χ2v) is 3.85. The number of esters is 1. The Hall–Kier alpha value is -0.970. The Morgan fingerprint density at radius 3 is 3.00 bits per heavy atom. The van der Waals surface area contributed by atoms with Crippen LogP contribution in [0.3, 0.4) is 0 Å². The molecule has 0 fully saturated rings. The molecule has 14 heavy (non-hydrogen) atoms. The van der Waals surface area contributed by atoms with Crippen molar-refractivity contribution in [3.05, 3.63) is 12.4 Å². The molecule has 1 aromatic heterocycles. The molecule has 78 valence electrons. The van der Waals surface area contributed by atoms with Gasteiger partial charge in [0.25, 0.3) is 0 Å². The highest BCUT2D eigenvalue weighted by Gasteiger charge is 2.19. The smallest absolute Gasteiger partial charge is 0.319 e. The molecular formula is C9H14N2O2S. The number of hydrogen-bond donors (Lipinski definition) is 1. The number of rotatable bonds is 5. The van der Waals surface area contributed by atoms with E-state index in [0.29, 0.717) is 6.61 Å². The van der Waals surface area contributed by atoms with E-state index in [0.717, 1.165) is 11.6 Å². The molecule has 5 heteroatoms. The molecule has 0 spiro atoms. The van der Waals surface area contributed by atoms with E-state index in [1.165, 1.54) is 11.8 Å². The number of thioether (sulfide) groups is 1. The van der Waals surface area contributed by atoms with Crippen molar-refractivity contribution in [2.24, 2.45) is 0 Å². The number of carbonyl (C=O) groups is 1. The second kappa shape index (κ2) is 5.70. The zero-order valence-corrected chi connectivity index (χ0v) is 9.13. The summed E-state index contributed by atoms with van der Waals surface area (Å²) in [4.78, 5) is 18.4. The van der Waals surface area contributed by atoms with Crippen molar-refractivity contribution in [3.63, 3.8) is 0 Å². The van der Waals surface area contributed by atoms with Crippen LogP contribution in [0.1, 0.15) is 20.3 Å². The molecule has 1 heterocycles. The van der Waals surface area contributed by atoms with Crippen LogP contribution in [0.2, 0.25) is 0 Å². The summed E-state index contributed by atoms with van der Waals surface area (Å²) in [5.74, 6) is -0.170. The molecule has 1 atom stereocenters. The summed E-state index contributed by atoms with van der Waals surface area (Å²) < 4.78 is 4.94. The van der Waals surface area contributed by atoms with Gasteiger partial charge >= 0.3 is 5.97 Å². The largest absolute Gasteiger partial charge is 0.465 e. The molecule has 0 radical (unpaired) electrons. The van der Waals surface area contributed by atoms with Crippen LogP contribution in [0.5, 0.6) is 0 Å². The lowest BCUT2D eigenvalue weighted by molar-refractivity contribution is -0.142. The summed E-state index contributed by atoms with van der Waals surface area (Å²) in [6, 6.07) is 0. The highest BCUT2D eigenvalue weighted by atomic mass is 32.2. The van der Waals surface area contributed by atoms with E-state index in [9.17, 15) is 4.79 Å². The van der Waals surface area contributed by atoms with Gasteiger partial charge in [0, 0.05) is 12.4 Å². The number of hydrogen-bond acceptors (Lipinski definition) is 4. The lowest BCUT2D eigenvalue weighted by Gasteiger charge is -2.10. The first kappa shape index (κ1) is 11.1. The van der Waals surface area contributed by atoms with Gasteiger partial charge in [-0.3, -0.25) is 4.79 Å². The number of aromatic amines is 1. The Kier molecular flexibility index (Phi) is 4.52. The number of ether oxygens (including phenoxy) is 1. The SMILES string of the molecule is CCOC(=O)C(CC)Sc1ncc[nH]1. The molecule has 4 nitrogen and oxygen atoms in total. The van der Waals surface area contributed by atoms with Gasteiger partial charge in [0.05, 0.1) is 6.61 Å². The van der Waals surface area contributed by atoms with E-state index in [1.807, 2.05) is 13.8 Å². The molecule has 1 N–H and O–H groups in total. The van der Waals surface area contributed by atoms with E-state index in [2.05, 4.69) is 9.97 Å². The van der Waals surface area contributed by atoms with Crippen LogP contribution >= 0.6 is 11.8 Å². The average Bonchev–Trinajstić information content (AvgIpc) is 2.66. The molecule has 0 aliphatic carbocycles. The monoisotopic (exact) mass is 214 g/mol. The van der Waals surface area contributed by atoms with E-state index < -0.39 is 0 Å². The fraction of sp³-hybridized carbons (Fsp3) is 0.556. The van der Waals surface area contributed by atoms with Crippen molar-refractivity contribution >= 4 is 17.7 Å². The lowest BCUT2D eigenvalue weighted by Crippen LogP contribution is -2.19. The van der Waals surface area contributed by atoms with Gasteiger partial charge in [0.2, 0.25) is 0 Å². The summed E-state index contributed by atoms with van der Waals surface area (Å²) >= 11 is 1.40. The van der Waals surface area contributed by atoms with Gasteiger partial charge in [-0.2, -0.15) is 0 Å². The van der Waals surface area contributed by atoms with Gasteiger partial charge in [-0.25, -0.2) is 4.98 Å². The molecule has 0 aliphatic heterocycles. The van der Waals surface area contributed by atoms with Crippen LogP contribution in [0.15, 0.2) is 17.6 Å². The number of imidazole rings is 1. The van der Waals surface area contributed by atoms with Crippen LogP contribution in [0, 0.1) is 0 Å². The van der Waals surface area contributed by atoms with Gasteiger partial charge < -0.3 is 9.72 Å². The first-order chi connectivity index (χ1) is 6.77. The summed E-state index contributed by atoms with van der Waals surface area (Å²) in [7, 11) is 0. The maximum absolute atomic E-state index is 11.4. The third-order valence-corrected chi connectivity index (χ3v) is 2.90. The Morgan fingerprint density at radius 1 is 1.71 bits per heavy atom. The summed E-state index contributed by atoms with van der Waals surface area (Å²) in [6.45, 7) is 4.19. The zero-order chi connectivity index (χ0) is 10.4. The van der Waals surface area contributed by atoms with Crippen molar-refractivity contribution < 1.29 is 9.53 Å². The second-order valence-electron chi connectivity index (χ2n) is 2.66. The molecule has 1 unspecified atom stereocenters. The third kappa shape index (κ3) is 3.06. The molecule has 0 aliphatic rings. The molecular weight excluding hydrogens is 200 g/mol. The Morgan fingerprint density at radius 2 is 2.50 bits per heavy atom. The van der Waals surface area contributed by atoms with Gasteiger partial charge in [0.15, 0.2) is 5.16 Å². The van der Waals surface area contributed by atoms with Crippen LogP contribution < -0.4 is 0 Å². The minimum Gasteiger partial charge on any atom is -0.465 e. The highest BCUT2D eigenvalue weighted by molar-refractivity contribution is 8.00. The molecule has 1 rings (SSSR count). The van der Waals surface area contributed by atoms with Gasteiger partial charge in [-0.1, -0.05) is 18.7 Å². The van der Waals surface area contributed by atoms with Gasteiger partial charge in [-0.05, 0) is 13.3 Å².